The van der Waals surface area contributed by atoms with Gasteiger partial charge in [-0.15, -0.1) is 11.8 Å². The minimum Gasteiger partial charge on any atom is -0.480 e. The molecular weight excluding hydrogens is 308 g/mol. The summed E-state index contributed by atoms with van der Waals surface area (Å²) < 4.78 is 0.107. The summed E-state index contributed by atoms with van der Waals surface area (Å²) in [6.45, 7) is 2.80. The highest BCUT2D eigenvalue weighted by Gasteiger charge is 2.48. The van der Waals surface area contributed by atoms with Crippen LogP contribution in [0.4, 0.5) is 4.79 Å². The monoisotopic (exact) mass is 330 g/mol. The number of carboxylic acid groups (broad SMARTS) is 1. The number of carbonyl (C=O) groups is 2. The topological polar surface area (TPSA) is 69.6 Å². The summed E-state index contributed by atoms with van der Waals surface area (Å²) in [5.74, 6) is 1.26. The number of thioether (sulfide) groups is 2. The van der Waals surface area contributed by atoms with Crippen molar-refractivity contribution >= 4 is 35.5 Å². The Labute approximate surface area is 133 Å². The van der Waals surface area contributed by atoms with Crippen molar-refractivity contribution in [3.63, 3.8) is 0 Å². The molecule has 21 heavy (non-hydrogen) atoms. The van der Waals surface area contributed by atoms with Crippen molar-refractivity contribution in [3.05, 3.63) is 0 Å². The second-order valence-corrected chi connectivity index (χ2v) is 9.22. The van der Waals surface area contributed by atoms with Crippen molar-refractivity contribution in [2.75, 3.05) is 18.1 Å². The van der Waals surface area contributed by atoms with Crippen molar-refractivity contribution < 1.29 is 14.7 Å². The van der Waals surface area contributed by atoms with Gasteiger partial charge in [-0.25, -0.2) is 9.59 Å². The first kappa shape index (κ1) is 15.3. The van der Waals surface area contributed by atoms with Gasteiger partial charge in [-0.3, -0.25) is 4.90 Å². The predicted octanol–water partition coefficient (Wildman–Crippen LogP) is 2.22. The van der Waals surface area contributed by atoms with Crippen LogP contribution in [0.5, 0.6) is 0 Å². The fourth-order valence-electron chi connectivity index (χ4n) is 3.05. The number of urea groups is 1. The van der Waals surface area contributed by atoms with Crippen LogP contribution in [0.15, 0.2) is 0 Å². The molecule has 0 aromatic heterocycles. The lowest BCUT2D eigenvalue weighted by Gasteiger charge is -2.30. The van der Waals surface area contributed by atoms with Gasteiger partial charge in [0, 0.05) is 17.0 Å². The Hall–Kier alpha value is -0.560. The third-order valence-electron chi connectivity index (χ3n) is 4.49. The van der Waals surface area contributed by atoms with Gasteiger partial charge in [0.2, 0.25) is 0 Å². The summed E-state index contributed by atoms with van der Waals surface area (Å²) in [5.41, 5.74) is 0. The molecule has 5 nitrogen and oxygen atoms in total. The zero-order valence-corrected chi connectivity index (χ0v) is 13.8. The van der Waals surface area contributed by atoms with Gasteiger partial charge in [-0.1, -0.05) is 0 Å². The van der Waals surface area contributed by atoms with E-state index in [1.165, 1.54) is 6.42 Å². The van der Waals surface area contributed by atoms with Gasteiger partial charge in [0.1, 0.15) is 6.04 Å². The molecule has 0 radical (unpaired) electrons. The Balaban J connectivity index is 1.63. The molecule has 2 aliphatic heterocycles. The molecule has 1 aliphatic carbocycles. The Kier molecular flexibility index (Phi) is 4.32. The van der Waals surface area contributed by atoms with E-state index in [4.69, 9.17) is 0 Å². The molecule has 2 saturated heterocycles. The van der Waals surface area contributed by atoms with Crippen LogP contribution in [-0.4, -0.2) is 56.2 Å². The lowest BCUT2D eigenvalue weighted by atomic mass is 10.1. The standard InChI is InChI=1S/C14H22N2O3S2/c1-14(5-2-6-21-14)8-15-13(19)16-10(12(17)18)7-20-11(16)9-3-4-9/h9-11H,2-8H2,1H3,(H,15,19)(H,17,18). The van der Waals surface area contributed by atoms with Crippen molar-refractivity contribution in [2.24, 2.45) is 5.92 Å². The summed E-state index contributed by atoms with van der Waals surface area (Å²) in [5, 5.41) is 12.4. The highest BCUT2D eigenvalue weighted by Crippen LogP contribution is 2.45. The Morgan fingerprint density at radius 3 is 2.76 bits per heavy atom. The molecule has 0 aromatic carbocycles. The van der Waals surface area contributed by atoms with Gasteiger partial charge < -0.3 is 10.4 Å². The van der Waals surface area contributed by atoms with Crippen LogP contribution in [0.1, 0.15) is 32.6 Å². The Bertz CT molecular complexity index is 436. The average molecular weight is 330 g/mol. The third-order valence-corrected chi connectivity index (χ3v) is 7.49. The normalized spacial score (nSPS) is 36.0. The zero-order chi connectivity index (χ0) is 15.0. The summed E-state index contributed by atoms with van der Waals surface area (Å²) in [6, 6.07) is -0.873. The van der Waals surface area contributed by atoms with Gasteiger partial charge in [-0.05, 0) is 44.3 Å². The molecule has 7 heteroatoms. The third kappa shape index (κ3) is 3.28. The first-order chi connectivity index (χ1) is 10.0. The highest BCUT2D eigenvalue weighted by atomic mass is 32.2. The van der Waals surface area contributed by atoms with E-state index in [2.05, 4.69) is 12.2 Å². The Morgan fingerprint density at radius 2 is 2.19 bits per heavy atom. The van der Waals surface area contributed by atoms with Crippen LogP contribution >= 0.6 is 23.5 Å². The van der Waals surface area contributed by atoms with Gasteiger partial charge in [0.15, 0.2) is 0 Å². The zero-order valence-electron chi connectivity index (χ0n) is 12.2. The number of aliphatic carboxylic acids is 1. The number of rotatable bonds is 4. The lowest BCUT2D eigenvalue weighted by molar-refractivity contribution is -0.141. The van der Waals surface area contributed by atoms with Gasteiger partial charge in [0.05, 0.1) is 5.37 Å². The maximum absolute atomic E-state index is 12.5. The predicted molar refractivity (Wildman–Crippen MR) is 85.7 cm³/mol. The molecule has 3 unspecified atom stereocenters. The van der Waals surface area contributed by atoms with Crippen LogP contribution in [0.25, 0.3) is 0 Å². The van der Waals surface area contributed by atoms with Crippen molar-refractivity contribution in [3.8, 4) is 0 Å². The Morgan fingerprint density at radius 1 is 1.43 bits per heavy atom. The summed E-state index contributed by atoms with van der Waals surface area (Å²) in [7, 11) is 0. The summed E-state index contributed by atoms with van der Waals surface area (Å²) in [6.07, 6.45) is 4.53. The SMILES string of the molecule is CC1(CNC(=O)N2C(C(=O)O)CSC2C2CC2)CCCS1. The fraction of sp³-hybridized carbons (Fsp3) is 0.857. The fourth-order valence-corrected chi connectivity index (χ4v) is 5.92. The van der Waals surface area contributed by atoms with Crippen LogP contribution in [0.2, 0.25) is 0 Å². The van der Waals surface area contributed by atoms with Crippen LogP contribution in [-0.2, 0) is 4.79 Å². The minimum atomic E-state index is -0.887. The average Bonchev–Trinajstić information content (AvgIpc) is 3.04. The number of carboxylic acids is 1. The molecule has 3 rings (SSSR count). The number of hydrogen-bond acceptors (Lipinski definition) is 4. The number of nitrogens with one attached hydrogen (secondary N) is 1. The largest absolute Gasteiger partial charge is 0.480 e. The van der Waals surface area contributed by atoms with E-state index in [9.17, 15) is 14.7 Å². The van der Waals surface area contributed by atoms with E-state index < -0.39 is 12.0 Å². The quantitative estimate of drug-likeness (QED) is 0.827. The molecular formula is C14H22N2O3S2. The molecule has 2 amide bonds. The number of hydrogen-bond donors (Lipinski definition) is 2. The lowest BCUT2D eigenvalue weighted by Crippen LogP contribution is -2.52. The molecule has 0 aromatic rings. The summed E-state index contributed by atoms with van der Waals surface area (Å²) in [4.78, 5) is 25.5. The van der Waals surface area contributed by atoms with E-state index in [1.807, 2.05) is 11.8 Å². The molecule has 3 atom stereocenters. The molecule has 2 N–H and O–H groups in total. The van der Waals surface area contributed by atoms with Crippen molar-refractivity contribution in [1.29, 1.82) is 0 Å². The van der Waals surface area contributed by atoms with E-state index in [0.717, 1.165) is 25.0 Å². The maximum Gasteiger partial charge on any atom is 0.327 e. The first-order valence-corrected chi connectivity index (χ1v) is 9.58. The van der Waals surface area contributed by atoms with Gasteiger partial charge in [-0.2, -0.15) is 11.8 Å². The molecule has 2 heterocycles. The van der Waals surface area contributed by atoms with Gasteiger partial charge >= 0.3 is 12.0 Å². The smallest absolute Gasteiger partial charge is 0.327 e. The van der Waals surface area contributed by atoms with Crippen LogP contribution < -0.4 is 5.32 Å². The molecule has 0 bridgehead atoms. The van der Waals surface area contributed by atoms with Crippen LogP contribution in [0, 0.1) is 5.92 Å². The van der Waals surface area contributed by atoms with Crippen molar-refractivity contribution in [1.82, 2.24) is 10.2 Å². The maximum atomic E-state index is 12.5. The van der Waals surface area contributed by atoms with Crippen LogP contribution in [0.3, 0.4) is 0 Å². The molecule has 0 spiro atoms. The number of amides is 2. The number of carbonyl (C=O) groups excluding carboxylic acids is 1. The molecule has 118 valence electrons. The molecule has 1 saturated carbocycles. The minimum absolute atomic E-state index is 0.0511. The first-order valence-electron chi connectivity index (χ1n) is 7.55. The second-order valence-electron chi connectivity index (χ2n) is 6.38. The molecule has 3 aliphatic rings. The van der Waals surface area contributed by atoms with E-state index >= 15 is 0 Å². The summed E-state index contributed by atoms with van der Waals surface area (Å²) >= 11 is 3.52. The number of nitrogens with zero attached hydrogens (tertiary/aromatic N) is 1. The van der Waals surface area contributed by atoms with E-state index in [-0.39, 0.29) is 16.2 Å². The van der Waals surface area contributed by atoms with E-state index in [1.54, 1.807) is 16.7 Å². The highest BCUT2D eigenvalue weighted by molar-refractivity contribution is 8.01. The molecule has 3 fully saturated rings. The van der Waals surface area contributed by atoms with E-state index in [0.29, 0.717) is 18.2 Å². The van der Waals surface area contributed by atoms with Crippen molar-refractivity contribution in [2.45, 2.75) is 48.8 Å². The van der Waals surface area contributed by atoms with Gasteiger partial charge in [0.25, 0.3) is 0 Å². The second kappa shape index (κ2) is 5.91.